The van der Waals surface area contributed by atoms with Gasteiger partial charge in [-0.15, -0.1) is 0 Å². The first-order valence-corrected chi connectivity index (χ1v) is 6.58. The first-order valence-electron chi connectivity index (χ1n) is 6.58. The Bertz CT molecular complexity index is 338. The molecule has 1 aromatic carbocycles. The van der Waals surface area contributed by atoms with E-state index < -0.39 is 0 Å². The Morgan fingerprint density at radius 2 is 2.12 bits per heavy atom. The minimum Gasteiger partial charge on any atom is -0.383 e. The molecule has 1 aliphatic rings. The van der Waals surface area contributed by atoms with Gasteiger partial charge in [0.15, 0.2) is 0 Å². The molecule has 1 aromatic rings. The van der Waals surface area contributed by atoms with Crippen LogP contribution in [0.4, 0.5) is 0 Å². The predicted molar refractivity (Wildman–Crippen MR) is 71.3 cm³/mol. The number of methoxy groups -OCH3 is 1. The molecule has 1 fully saturated rings. The molecule has 0 spiro atoms. The van der Waals surface area contributed by atoms with E-state index in [0.29, 0.717) is 5.41 Å². The summed E-state index contributed by atoms with van der Waals surface area (Å²) in [5, 5.41) is 3.53. The maximum atomic E-state index is 5.07. The van der Waals surface area contributed by atoms with Crippen LogP contribution in [0.25, 0.3) is 0 Å². The number of benzene rings is 1. The molecule has 17 heavy (non-hydrogen) atoms. The van der Waals surface area contributed by atoms with Gasteiger partial charge in [0, 0.05) is 25.6 Å². The highest BCUT2D eigenvalue weighted by atomic mass is 16.5. The van der Waals surface area contributed by atoms with Gasteiger partial charge in [-0.2, -0.15) is 0 Å². The summed E-state index contributed by atoms with van der Waals surface area (Å²) < 4.78 is 5.07. The predicted octanol–water partition coefficient (Wildman–Crippen LogP) is 2.59. The fourth-order valence-corrected chi connectivity index (χ4v) is 2.84. The molecule has 2 heteroatoms. The van der Waals surface area contributed by atoms with Crippen LogP contribution in [0.2, 0.25) is 0 Å². The van der Waals surface area contributed by atoms with Crippen LogP contribution in [0.15, 0.2) is 30.3 Å². The van der Waals surface area contributed by atoms with Crippen molar-refractivity contribution in [1.29, 1.82) is 0 Å². The van der Waals surface area contributed by atoms with Gasteiger partial charge in [0.2, 0.25) is 0 Å². The summed E-state index contributed by atoms with van der Waals surface area (Å²) >= 11 is 0. The van der Waals surface area contributed by atoms with Crippen molar-refractivity contribution in [3.63, 3.8) is 0 Å². The smallest absolute Gasteiger partial charge is 0.0587 e. The summed E-state index contributed by atoms with van der Waals surface area (Å²) in [4.78, 5) is 0. The third kappa shape index (κ3) is 2.70. The molecule has 94 valence electrons. The van der Waals surface area contributed by atoms with Crippen LogP contribution in [0.5, 0.6) is 0 Å². The second-order valence-corrected chi connectivity index (χ2v) is 5.00. The minimum absolute atomic E-state index is 0.393. The maximum Gasteiger partial charge on any atom is 0.0587 e. The molecule has 1 aliphatic carbocycles. The van der Waals surface area contributed by atoms with Crippen LogP contribution >= 0.6 is 0 Å². The zero-order chi connectivity index (χ0) is 12.1. The first-order chi connectivity index (χ1) is 8.33. The van der Waals surface area contributed by atoms with E-state index in [1.807, 2.05) is 0 Å². The number of nitrogens with one attached hydrogen (secondary N) is 1. The summed E-state index contributed by atoms with van der Waals surface area (Å²) in [6.07, 6.45) is 2.61. The number of rotatable bonds is 7. The first kappa shape index (κ1) is 12.6. The Labute approximate surface area is 104 Å². The summed E-state index contributed by atoms with van der Waals surface area (Å²) in [7, 11) is 1.75. The Kier molecular flexibility index (Phi) is 4.19. The molecular formula is C15H23NO. The number of ether oxygens (including phenoxy) is 1. The lowest BCUT2D eigenvalue weighted by Gasteiger charge is -2.18. The monoisotopic (exact) mass is 233 g/mol. The van der Waals surface area contributed by atoms with E-state index in [-0.39, 0.29) is 0 Å². The Morgan fingerprint density at radius 3 is 2.71 bits per heavy atom. The van der Waals surface area contributed by atoms with Crippen LogP contribution < -0.4 is 5.32 Å². The average molecular weight is 233 g/mol. The highest BCUT2D eigenvalue weighted by Crippen LogP contribution is 2.55. The SMILES string of the molecule is CCC1CC1(CNCCOC)c1ccccc1. The van der Waals surface area contributed by atoms with Crippen molar-refractivity contribution < 1.29 is 4.74 Å². The van der Waals surface area contributed by atoms with Gasteiger partial charge in [-0.1, -0.05) is 43.7 Å². The van der Waals surface area contributed by atoms with Crippen LogP contribution in [-0.4, -0.2) is 26.8 Å². The standard InChI is InChI=1S/C15H23NO/c1-3-13-11-15(13,12-16-9-10-17-2)14-7-5-4-6-8-14/h4-8,13,16H,3,9-12H2,1-2H3. The zero-order valence-corrected chi connectivity index (χ0v) is 10.9. The van der Waals surface area contributed by atoms with Gasteiger partial charge < -0.3 is 10.1 Å². The molecule has 0 amide bonds. The van der Waals surface area contributed by atoms with Crippen molar-refractivity contribution in [2.24, 2.45) is 5.92 Å². The van der Waals surface area contributed by atoms with Gasteiger partial charge in [-0.25, -0.2) is 0 Å². The largest absolute Gasteiger partial charge is 0.383 e. The molecule has 2 rings (SSSR count). The van der Waals surface area contributed by atoms with E-state index in [1.54, 1.807) is 7.11 Å². The van der Waals surface area contributed by atoms with Gasteiger partial charge in [0.1, 0.15) is 0 Å². The van der Waals surface area contributed by atoms with Gasteiger partial charge >= 0.3 is 0 Å². The number of hydrogen-bond acceptors (Lipinski definition) is 2. The normalized spacial score (nSPS) is 27.1. The summed E-state index contributed by atoms with van der Waals surface area (Å²) in [6.45, 7) is 5.12. The summed E-state index contributed by atoms with van der Waals surface area (Å²) in [5.74, 6) is 0.847. The van der Waals surface area contributed by atoms with Crippen molar-refractivity contribution in [1.82, 2.24) is 5.32 Å². The third-order valence-corrected chi connectivity index (χ3v) is 4.00. The Morgan fingerprint density at radius 1 is 1.35 bits per heavy atom. The molecule has 2 atom stereocenters. The van der Waals surface area contributed by atoms with E-state index >= 15 is 0 Å². The van der Waals surface area contributed by atoms with Crippen LogP contribution in [0, 0.1) is 5.92 Å². The minimum atomic E-state index is 0.393. The van der Waals surface area contributed by atoms with E-state index in [1.165, 1.54) is 18.4 Å². The molecule has 2 unspecified atom stereocenters. The van der Waals surface area contributed by atoms with Gasteiger partial charge in [-0.05, 0) is 17.9 Å². The van der Waals surface area contributed by atoms with E-state index in [2.05, 4.69) is 42.6 Å². The van der Waals surface area contributed by atoms with Crippen LogP contribution in [0.3, 0.4) is 0 Å². The molecule has 0 saturated heterocycles. The number of hydrogen-bond donors (Lipinski definition) is 1. The van der Waals surface area contributed by atoms with Gasteiger partial charge in [0.25, 0.3) is 0 Å². The molecular weight excluding hydrogens is 210 g/mol. The highest BCUT2D eigenvalue weighted by Gasteiger charge is 2.53. The molecule has 0 aliphatic heterocycles. The second-order valence-electron chi connectivity index (χ2n) is 5.00. The fraction of sp³-hybridized carbons (Fsp3) is 0.600. The average Bonchev–Trinajstić information content (AvgIpc) is 3.11. The molecule has 0 aromatic heterocycles. The maximum absolute atomic E-state index is 5.07. The van der Waals surface area contributed by atoms with Gasteiger partial charge in [0.05, 0.1) is 6.61 Å². The van der Waals surface area contributed by atoms with Crippen molar-refractivity contribution >= 4 is 0 Å². The summed E-state index contributed by atoms with van der Waals surface area (Å²) in [5.41, 5.74) is 1.89. The molecule has 0 heterocycles. The van der Waals surface area contributed by atoms with Gasteiger partial charge in [-0.3, -0.25) is 0 Å². The van der Waals surface area contributed by atoms with E-state index in [0.717, 1.165) is 25.6 Å². The Hall–Kier alpha value is -0.860. The van der Waals surface area contributed by atoms with E-state index in [4.69, 9.17) is 4.74 Å². The zero-order valence-electron chi connectivity index (χ0n) is 10.9. The molecule has 2 nitrogen and oxygen atoms in total. The van der Waals surface area contributed by atoms with Crippen molar-refractivity contribution in [3.05, 3.63) is 35.9 Å². The Balaban J connectivity index is 1.97. The van der Waals surface area contributed by atoms with Crippen LogP contribution in [0.1, 0.15) is 25.3 Å². The molecule has 0 radical (unpaired) electrons. The van der Waals surface area contributed by atoms with Crippen molar-refractivity contribution in [3.8, 4) is 0 Å². The molecule has 0 bridgehead atoms. The molecule has 1 N–H and O–H groups in total. The second kappa shape index (κ2) is 5.65. The quantitative estimate of drug-likeness (QED) is 0.731. The van der Waals surface area contributed by atoms with E-state index in [9.17, 15) is 0 Å². The van der Waals surface area contributed by atoms with Crippen LogP contribution in [-0.2, 0) is 10.2 Å². The summed E-state index contributed by atoms with van der Waals surface area (Å²) in [6, 6.07) is 10.9. The lowest BCUT2D eigenvalue weighted by Crippen LogP contribution is -2.30. The van der Waals surface area contributed by atoms with Crippen molar-refractivity contribution in [2.45, 2.75) is 25.2 Å². The molecule has 1 saturated carbocycles. The lowest BCUT2D eigenvalue weighted by molar-refractivity contribution is 0.198. The third-order valence-electron chi connectivity index (χ3n) is 4.00. The fourth-order valence-electron chi connectivity index (χ4n) is 2.84. The topological polar surface area (TPSA) is 21.3 Å². The highest BCUT2D eigenvalue weighted by molar-refractivity contribution is 5.34. The van der Waals surface area contributed by atoms with Crippen molar-refractivity contribution in [2.75, 3.05) is 26.8 Å². The lowest BCUT2D eigenvalue weighted by atomic mass is 9.92.